The number of benzene rings is 1. The normalized spacial score (nSPS) is 22.7. The Labute approximate surface area is 119 Å². The number of carbonyl (C=O) groups is 1. The van der Waals surface area contributed by atoms with Crippen LogP contribution in [0.3, 0.4) is 0 Å². The molecule has 0 bridgehead atoms. The maximum Gasteiger partial charge on any atom is 0.342 e. The van der Waals surface area contributed by atoms with Gasteiger partial charge in [0, 0.05) is 10.7 Å². The lowest BCUT2D eigenvalue weighted by Crippen LogP contribution is -2.42. The second-order valence-corrected chi connectivity index (χ2v) is 7.12. The van der Waals surface area contributed by atoms with Crippen molar-refractivity contribution in [1.29, 1.82) is 0 Å². The zero-order valence-corrected chi connectivity index (χ0v) is 12.2. The molecule has 1 saturated heterocycles. The molecular formula is C11H10Cl2O5S. The monoisotopic (exact) mass is 324 g/mol. The summed E-state index contributed by atoms with van der Waals surface area (Å²) in [6, 6.07) is 4.37. The minimum absolute atomic E-state index is 0.162. The van der Waals surface area contributed by atoms with Gasteiger partial charge in [-0.3, -0.25) is 0 Å². The quantitative estimate of drug-likeness (QED) is 0.485. The Bertz CT molecular complexity index is 622. The number of halogens is 2. The molecular weight excluding hydrogens is 315 g/mol. The molecule has 0 amide bonds. The molecule has 104 valence electrons. The van der Waals surface area contributed by atoms with Crippen LogP contribution in [0.5, 0.6) is 0 Å². The summed E-state index contributed by atoms with van der Waals surface area (Å²) in [6.07, 6.45) is 0.342. The largest absolute Gasteiger partial charge is 0.414 e. The number of esters is 1. The number of hydrogen-bond donors (Lipinski definition) is 0. The summed E-state index contributed by atoms with van der Waals surface area (Å²) in [7, 11) is 1.27. The standard InChI is InChI=1S/C11H10Cl2O5S/c1-7-3-2-4-8(9(7)19(13,15)16)10(14)18-11(12)5-6-17-11/h2-4H,5-6H2,1H3. The minimum atomic E-state index is -4.07. The molecule has 1 unspecified atom stereocenters. The zero-order valence-electron chi connectivity index (χ0n) is 9.85. The second kappa shape index (κ2) is 4.94. The van der Waals surface area contributed by atoms with Gasteiger partial charge in [0.2, 0.25) is 0 Å². The van der Waals surface area contributed by atoms with Gasteiger partial charge in [0.1, 0.15) is 0 Å². The second-order valence-electron chi connectivity index (χ2n) is 4.04. The summed E-state index contributed by atoms with van der Waals surface area (Å²) in [4.78, 5) is 11.7. The maximum absolute atomic E-state index is 12.0. The first-order valence-electron chi connectivity index (χ1n) is 5.33. The number of alkyl halides is 1. The third-order valence-electron chi connectivity index (χ3n) is 2.64. The molecule has 1 aliphatic heterocycles. The van der Waals surface area contributed by atoms with E-state index in [1.807, 2.05) is 0 Å². The zero-order chi connectivity index (χ0) is 14.3. The van der Waals surface area contributed by atoms with Crippen molar-refractivity contribution in [2.45, 2.75) is 23.5 Å². The first-order chi connectivity index (χ1) is 8.73. The molecule has 19 heavy (non-hydrogen) atoms. The van der Waals surface area contributed by atoms with Gasteiger partial charge in [-0.1, -0.05) is 12.1 Å². The fourth-order valence-corrected chi connectivity index (χ4v) is 3.38. The van der Waals surface area contributed by atoms with Gasteiger partial charge in [-0.25, -0.2) is 13.2 Å². The lowest BCUT2D eigenvalue weighted by atomic mass is 10.1. The summed E-state index contributed by atoms with van der Waals surface area (Å²) in [5.41, 5.74) is 0.188. The summed E-state index contributed by atoms with van der Waals surface area (Å²) in [5.74, 6) is -0.891. The van der Waals surface area contributed by atoms with Crippen molar-refractivity contribution >= 4 is 37.3 Å². The van der Waals surface area contributed by atoms with Crippen LogP contribution in [-0.2, 0) is 18.5 Å². The molecule has 1 fully saturated rings. The number of aryl methyl sites for hydroxylation is 1. The molecule has 1 heterocycles. The molecule has 0 aromatic heterocycles. The Hall–Kier alpha value is -0.820. The molecule has 5 nitrogen and oxygen atoms in total. The van der Waals surface area contributed by atoms with Crippen LogP contribution < -0.4 is 0 Å². The lowest BCUT2D eigenvalue weighted by molar-refractivity contribution is -0.220. The van der Waals surface area contributed by atoms with Gasteiger partial charge in [-0.05, 0) is 30.2 Å². The maximum atomic E-state index is 12.0. The molecule has 1 atom stereocenters. The Morgan fingerprint density at radius 2 is 2.11 bits per heavy atom. The van der Waals surface area contributed by atoms with Crippen molar-refractivity contribution in [2.24, 2.45) is 0 Å². The van der Waals surface area contributed by atoms with Crippen LogP contribution in [0.1, 0.15) is 22.3 Å². The van der Waals surface area contributed by atoms with Gasteiger partial charge < -0.3 is 9.47 Å². The average Bonchev–Trinajstić information content (AvgIpc) is 2.24. The van der Waals surface area contributed by atoms with E-state index in [2.05, 4.69) is 0 Å². The number of carbonyl (C=O) groups excluding carboxylic acids is 1. The van der Waals surface area contributed by atoms with Crippen LogP contribution in [0.4, 0.5) is 0 Å². The molecule has 1 aromatic carbocycles. The molecule has 0 saturated carbocycles. The topological polar surface area (TPSA) is 69.7 Å². The average molecular weight is 325 g/mol. The molecule has 0 aliphatic carbocycles. The van der Waals surface area contributed by atoms with Gasteiger partial charge in [0.15, 0.2) is 0 Å². The molecule has 0 spiro atoms. The fourth-order valence-electron chi connectivity index (χ4n) is 1.67. The predicted molar refractivity (Wildman–Crippen MR) is 68.8 cm³/mol. The van der Waals surface area contributed by atoms with Crippen molar-refractivity contribution in [3.8, 4) is 0 Å². The Balaban J connectivity index is 2.40. The summed E-state index contributed by atoms with van der Waals surface area (Å²) in [6.45, 7) is 1.91. The highest BCUT2D eigenvalue weighted by atomic mass is 35.7. The van der Waals surface area contributed by atoms with E-state index < -0.39 is 20.3 Å². The van der Waals surface area contributed by atoms with Crippen LogP contribution in [-0.4, -0.2) is 26.2 Å². The first kappa shape index (κ1) is 14.6. The Morgan fingerprint density at radius 1 is 1.47 bits per heavy atom. The van der Waals surface area contributed by atoms with Crippen LogP contribution in [0.25, 0.3) is 0 Å². The van der Waals surface area contributed by atoms with Crippen LogP contribution in [0, 0.1) is 6.92 Å². The molecule has 0 radical (unpaired) electrons. The molecule has 0 N–H and O–H groups in total. The van der Waals surface area contributed by atoms with Crippen molar-refractivity contribution in [2.75, 3.05) is 6.61 Å². The van der Waals surface area contributed by atoms with Crippen LogP contribution in [0.15, 0.2) is 23.1 Å². The van der Waals surface area contributed by atoms with E-state index in [4.69, 9.17) is 31.8 Å². The first-order valence-corrected chi connectivity index (χ1v) is 8.02. The van der Waals surface area contributed by atoms with Gasteiger partial charge >= 0.3 is 5.97 Å². The Kier molecular flexibility index (Phi) is 3.79. The van der Waals surface area contributed by atoms with Crippen molar-refractivity contribution in [1.82, 2.24) is 0 Å². The van der Waals surface area contributed by atoms with Crippen LogP contribution in [0.2, 0.25) is 0 Å². The molecule has 8 heteroatoms. The van der Waals surface area contributed by atoms with E-state index in [1.165, 1.54) is 25.1 Å². The summed E-state index contributed by atoms with van der Waals surface area (Å²) < 4.78 is 32.9. The number of rotatable bonds is 3. The summed E-state index contributed by atoms with van der Waals surface area (Å²) in [5, 5.41) is -1.51. The smallest absolute Gasteiger partial charge is 0.342 e. The van der Waals surface area contributed by atoms with Gasteiger partial charge in [-0.15, -0.1) is 0 Å². The minimum Gasteiger partial charge on any atom is -0.414 e. The third kappa shape index (κ3) is 3.02. The van der Waals surface area contributed by atoms with Gasteiger partial charge in [0.05, 0.1) is 23.5 Å². The third-order valence-corrected chi connectivity index (χ3v) is 4.51. The molecule has 1 aliphatic rings. The van der Waals surface area contributed by atoms with Crippen molar-refractivity contribution in [3.63, 3.8) is 0 Å². The SMILES string of the molecule is Cc1cccc(C(=O)OC2(Cl)CCO2)c1S(=O)(=O)Cl. The predicted octanol–water partition coefficient (Wildman–Crippen LogP) is 2.39. The van der Waals surface area contributed by atoms with E-state index >= 15 is 0 Å². The fraction of sp³-hybridized carbons (Fsp3) is 0.364. The Morgan fingerprint density at radius 3 is 2.58 bits per heavy atom. The highest BCUT2D eigenvalue weighted by molar-refractivity contribution is 8.13. The van der Waals surface area contributed by atoms with Gasteiger partial charge in [0.25, 0.3) is 14.3 Å². The van der Waals surface area contributed by atoms with E-state index in [9.17, 15) is 13.2 Å². The van der Waals surface area contributed by atoms with Gasteiger partial charge in [-0.2, -0.15) is 0 Å². The number of ether oxygens (including phenoxy) is 2. The van der Waals surface area contributed by atoms with E-state index in [-0.39, 0.29) is 10.5 Å². The van der Waals surface area contributed by atoms with E-state index in [0.29, 0.717) is 18.6 Å². The highest BCUT2D eigenvalue weighted by Crippen LogP contribution is 2.34. The lowest BCUT2D eigenvalue weighted by Gasteiger charge is -2.34. The van der Waals surface area contributed by atoms with Crippen molar-refractivity contribution in [3.05, 3.63) is 29.3 Å². The molecule has 1 aromatic rings. The van der Waals surface area contributed by atoms with E-state index in [0.717, 1.165) is 0 Å². The highest BCUT2D eigenvalue weighted by Gasteiger charge is 2.41. The van der Waals surface area contributed by atoms with E-state index in [1.54, 1.807) is 0 Å². The molecule has 2 rings (SSSR count). The van der Waals surface area contributed by atoms with Crippen molar-refractivity contribution < 1.29 is 22.7 Å². The summed E-state index contributed by atoms with van der Waals surface area (Å²) >= 11 is 5.81. The number of hydrogen-bond acceptors (Lipinski definition) is 5. The van der Waals surface area contributed by atoms with Crippen LogP contribution >= 0.6 is 22.3 Å².